The predicted molar refractivity (Wildman–Crippen MR) is 122 cm³/mol. The van der Waals surface area contributed by atoms with Crippen molar-refractivity contribution in [1.82, 2.24) is 10.6 Å². The highest BCUT2D eigenvalue weighted by Crippen LogP contribution is 2.36. The van der Waals surface area contributed by atoms with E-state index in [9.17, 15) is 4.79 Å². The highest BCUT2D eigenvalue weighted by atomic mass is 32.1. The lowest BCUT2D eigenvalue weighted by atomic mass is 9.94. The van der Waals surface area contributed by atoms with Gasteiger partial charge in [0.15, 0.2) is 5.11 Å². The van der Waals surface area contributed by atoms with Gasteiger partial charge in [-0.2, -0.15) is 0 Å². The van der Waals surface area contributed by atoms with Crippen LogP contribution in [0.3, 0.4) is 0 Å². The van der Waals surface area contributed by atoms with Crippen molar-refractivity contribution >= 4 is 28.9 Å². The number of carbonyl (C=O) groups is 1. The van der Waals surface area contributed by atoms with Crippen LogP contribution in [-0.4, -0.2) is 39.5 Å². The van der Waals surface area contributed by atoms with Gasteiger partial charge in [-0.15, -0.1) is 0 Å². The summed E-state index contributed by atoms with van der Waals surface area (Å²) in [5.41, 5.74) is 2.32. The SMILES string of the molecule is COc1ccc(OC)c(NC(=O)C2=C(C)NC(=S)NC2c2ccc(OC)cc2OC)c1. The third-order valence-corrected chi connectivity index (χ3v) is 5.14. The third kappa shape index (κ3) is 4.66. The van der Waals surface area contributed by atoms with Crippen molar-refractivity contribution in [3.05, 3.63) is 53.2 Å². The number of methoxy groups -OCH3 is 4. The summed E-state index contributed by atoms with van der Waals surface area (Å²) in [4.78, 5) is 13.4. The number of benzene rings is 2. The molecule has 9 heteroatoms. The van der Waals surface area contributed by atoms with Crippen LogP contribution in [0, 0.1) is 0 Å². The molecule has 31 heavy (non-hydrogen) atoms. The number of allylic oxidation sites excluding steroid dienone is 1. The molecular formula is C22H25N3O5S. The van der Waals surface area contributed by atoms with Gasteiger partial charge in [0.1, 0.15) is 23.0 Å². The van der Waals surface area contributed by atoms with Crippen LogP contribution in [0.15, 0.2) is 47.7 Å². The highest BCUT2D eigenvalue weighted by Gasteiger charge is 2.32. The molecule has 2 aromatic rings. The molecule has 0 bridgehead atoms. The van der Waals surface area contributed by atoms with E-state index in [2.05, 4.69) is 16.0 Å². The number of ether oxygens (including phenoxy) is 4. The maximum atomic E-state index is 13.4. The Morgan fingerprint density at radius 2 is 1.58 bits per heavy atom. The zero-order valence-corrected chi connectivity index (χ0v) is 18.8. The van der Waals surface area contributed by atoms with Crippen LogP contribution >= 0.6 is 12.2 Å². The Kier molecular flexibility index (Phi) is 6.86. The normalized spacial score (nSPS) is 15.5. The number of hydrogen-bond donors (Lipinski definition) is 3. The van der Waals surface area contributed by atoms with E-state index >= 15 is 0 Å². The molecule has 164 valence electrons. The Balaban J connectivity index is 2.02. The van der Waals surface area contributed by atoms with Crippen LogP contribution in [0.4, 0.5) is 5.69 Å². The number of thiocarbonyl (C=S) groups is 1. The molecule has 0 fully saturated rings. The molecule has 0 aromatic heterocycles. The number of carbonyl (C=O) groups excluding carboxylic acids is 1. The molecule has 0 saturated carbocycles. The second kappa shape index (κ2) is 9.57. The average molecular weight is 444 g/mol. The third-order valence-electron chi connectivity index (χ3n) is 4.92. The van der Waals surface area contributed by atoms with Crippen molar-refractivity contribution in [2.75, 3.05) is 33.8 Å². The van der Waals surface area contributed by atoms with Gasteiger partial charge in [0.05, 0.1) is 45.7 Å². The first-order valence-corrected chi connectivity index (χ1v) is 9.86. The summed E-state index contributed by atoms with van der Waals surface area (Å²) >= 11 is 5.34. The van der Waals surface area contributed by atoms with E-state index in [1.807, 2.05) is 6.07 Å². The summed E-state index contributed by atoms with van der Waals surface area (Å²) < 4.78 is 21.5. The molecular weight excluding hydrogens is 418 g/mol. The second-order valence-corrected chi connectivity index (χ2v) is 7.11. The van der Waals surface area contributed by atoms with Crippen LogP contribution in [0.5, 0.6) is 23.0 Å². The lowest BCUT2D eigenvalue weighted by Crippen LogP contribution is -2.45. The molecule has 2 aromatic carbocycles. The summed E-state index contributed by atoms with van der Waals surface area (Å²) in [6, 6.07) is 10.1. The van der Waals surface area contributed by atoms with Crippen molar-refractivity contribution in [3.63, 3.8) is 0 Å². The minimum atomic E-state index is -0.536. The zero-order chi connectivity index (χ0) is 22.5. The first-order valence-electron chi connectivity index (χ1n) is 9.45. The molecule has 0 saturated heterocycles. The van der Waals surface area contributed by atoms with Crippen LogP contribution in [0.25, 0.3) is 0 Å². The fourth-order valence-corrected chi connectivity index (χ4v) is 3.66. The van der Waals surface area contributed by atoms with Gasteiger partial charge in [-0.1, -0.05) is 0 Å². The molecule has 3 N–H and O–H groups in total. The Bertz CT molecular complexity index is 1040. The van der Waals surface area contributed by atoms with E-state index in [0.29, 0.717) is 45.1 Å². The summed E-state index contributed by atoms with van der Waals surface area (Å²) in [5, 5.41) is 9.53. The Hall–Kier alpha value is -3.46. The first kappa shape index (κ1) is 22.2. The minimum Gasteiger partial charge on any atom is -0.497 e. The van der Waals surface area contributed by atoms with Gasteiger partial charge < -0.3 is 34.9 Å². The highest BCUT2D eigenvalue weighted by molar-refractivity contribution is 7.80. The maximum Gasteiger partial charge on any atom is 0.255 e. The van der Waals surface area contributed by atoms with E-state index in [-0.39, 0.29) is 5.91 Å². The molecule has 3 rings (SSSR count). The number of hydrogen-bond acceptors (Lipinski definition) is 6. The van der Waals surface area contributed by atoms with Crippen LogP contribution in [0.2, 0.25) is 0 Å². The fourth-order valence-electron chi connectivity index (χ4n) is 3.39. The van der Waals surface area contributed by atoms with Crippen molar-refractivity contribution in [1.29, 1.82) is 0 Å². The lowest BCUT2D eigenvalue weighted by molar-refractivity contribution is -0.113. The number of anilines is 1. The Morgan fingerprint density at radius 1 is 0.935 bits per heavy atom. The van der Waals surface area contributed by atoms with Gasteiger partial charge in [0.2, 0.25) is 0 Å². The monoisotopic (exact) mass is 443 g/mol. The molecule has 8 nitrogen and oxygen atoms in total. The zero-order valence-electron chi connectivity index (χ0n) is 18.0. The summed E-state index contributed by atoms with van der Waals surface area (Å²) in [7, 11) is 6.24. The van der Waals surface area contributed by atoms with Crippen LogP contribution in [0.1, 0.15) is 18.5 Å². The molecule has 0 aliphatic carbocycles. The summed E-state index contributed by atoms with van der Waals surface area (Å²) in [5.74, 6) is 1.99. The molecule has 1 amide bonds. The lowest BCUT2D eigenvalue weighted by Gasteiger charge is -2.31. The van der Waals surface area contributed by atoms with Gasteiger partial charge in [0.25, 0.3) is 5.91 Å². The average Bonchev–Trinajstić information content (AvgIpc) is 2.77. The largest absolute Gasteiger partial charge is 0.497 e. The standard InChI is InChI=1S/C22H25N3O5S/c1-12-19(21(26)24-16-10-13(27-2)7-9-17(16)29-4)20(25-22(31)23-12)15-8-6-14(28-3)11-18(15)30-5/h6-11,20H,1-5H3,(H,24,26)(H2,23,25,31). The van der Waals surface area contributed by atoms with Gasteiger partial charge >= 0.3 is 0 Å². The minimum absolute atomic E-state index is 0.325. The second-order valence-electron chi connectivity index (χ2n) is 6.70. The van der Waals surface area contributed by atoms with Crippen molar-refractivity contribution in [2.45, 2.75) is 13.0 Å². The molecule has 1 aliphatic heterocycles. The quantitative estimate of drug-likeness (QED) is 0.563. The van der Waals surface area contributed by atoms with Gasteiger partial charge in [-0.3, -0.25) is 4.79 Å². The van der Waals surface area contributed by atoms with Crippen LogP contribution in [-0.2, 0) is 4.79 Å². The Morgan fingerprint density at radius 3 is 2.23 bits per heavy atom. The molecule has 1 heterocycles. The summed E-state index contributed by atoms with van der Waals surface area (Å²) in [6.07, 6.45) is 0. The van der Waals surface area contributed by atoms with Crippen molar-refractivity contribution in [3.8, 4) is 23.0 Å². The molecule has 1 atom stereocenters. The van der Waals surface area contributed by atoms with Gasteiger partial charge in [-0.25, -0.2) is 0 Å². The van der Waals surface area contributed by atoms with Crippen molar-refractivity contribution < 1.29 is 23.7 Å². The van der Waals surface area contributed by atoms with Crippen molar-refractivity contribution in [2.24, 2.45) is 0 Å². The van der Waals surface area contributed by atoms with E-state index in [0.717, 1.165) is 5.56 Å². The Labute approximate surface area is 186 Å². The molecule has 0 spiro atoms. The fraction of sp³-hybridized carbons (Fsp3) is 0.273. The van der Waals surface area contributed by atoms with E-state index in [4.69, 9.17) is 31.2 Å². The maximum absolute atomic E-state index is 13.4. The smallest absolute Gasteiger partial charge is 0.255 e. The van der Waals surface area contributed by atoms with Gasteiger partial charge in [0, 0.05) is 23.4 Å². The first-order chi connectivity index (χ1) is 14.9. The van der Waals surface area contributed by atoms with Gasteiger partial charge in [-0.05, 0) is 43.4 Å². The molecule has 1 unspecified atom stereocenters. The molecule has 1 aliphatic rings. The van der Waals surface area contributed by atoms with Crippen LogP contribution < -0.4 is 34.9 Å². The van der Waals surface area contributed by atoms with E-state index in [1.54, 1.807) is 58.6 Å². The topological polar surface area (TPSA) is 90.1 Å². The number of amides is 1. The van der Waals surface area contributed by atoms with E-state index in [1.165, 1.54) is 7.11 Å². The predicted octanol–water partition coefficient (Wildman–Crippen LogP) is 3.15. The molecule has 0 radical (unpaired) electrons. The summed E-state index contributed by atoms with van der Waals surface area (Å²) in [6.45, 7) is 1.80. The van der Waals surface area contributed by atoms with E-state index < -0.39 is 6.04 Å². The number of nitrogens with one attached hydrogen (secondary N) is 3. The number of rotatable bonds is 7.